The van der Waals surface area contributed by atoms with Crippen LogP contribution in [0.5, 0.6) is 0 Å². The molecule has 1 aliphatic heterocycles. The predicted molar refractivity (Wildman–Crippen MR) is 72.7 cm³/mol. The molecule has 2 heterocycles. The minimum Gasteiger partial charge on any atom is -0.368 e. The molecule has 1 saturated heterocycles. The van der Waals surface area contributed by atoms with Crippen LogP contribution in [0, 0.1) is 0 Å². The molecule has 0 atom stereocenters. The molecular formula is C13H22N4. The largest absolute Gasteiger partial charge is 0.368 e. The van der Waals surface area contributed by atoms with Crippen LogP contribution in [-0.4, -0.2) is 49.2 Å². The Kier molecular flexibility index (Phi) is 3.84. The van der Waals surface area contributed by atoms with Crippen LogP contribution in [-0.2, 0) is 0 Å². The summed E-state index contributed by atoms with van der Waals surface area (Å²) in [4.78, 5) is 9.36. The summed E-state index contributed by atoms with van der Waals surface area (Å²) in [6.45, 7) is 8.62. The van der Waals surface area contributed by atoms with Gasteiger partial charge in [-0.15, -0.1) is 0 Å². The number of piperazine rings is 1. The number of hydrogen-bond donors (Lipinski definition) is 1. The molecule has 1 aromatic heterocycles. The number of hydrogen-bond acceptors (Lipinski definition) is 4. The zero-order valence-electron chi connectivity index (χ0n) is 11.0. The van der Waals surface area contributed by atoms with Gasteiger partial charge in [0, 0.05) is 32.2 Å². The lowest BCUT2D eigenvalue weighted by Gasteiger charge is -2.33. The average Bonchev–Trinajstić information content (AvgIpc) is 2.29. The van der Waals surface area contributed by atoms with Crippen LogP contribution in [0.15, 0.2) is 18.2 Å². The highest BCUT2D eigenvalue weighted by molar-refractivity contribution is 5.47. The van der Waals surface area contributed by atoms with Gasteiger partial charge in [0.25, 0.3) is 0 Å². The second kappa shape index (κ2) is 5.36. The van der Waals surface area contributed by atoms with E-state index < -0.39 is 0 Å². The van der Waals surface area contributed by atoms with Crippen molar-refractivity contribution in [2.75, 3.05) is 43.4 Å². The summed E-state index contributed by atoms with van der Waals surface area (Å²) in [5.41, 5.74) is 0. The summed E-state index contributed by atoms with van der Waals surface area (Å²) < 4.78 is 0. The normalized spacial score (nSPS) is 17.5. The molecule has 94 valence electrons. The molecular weight excluding hydrogens is 212 g/mol. The molecule has 0 radical (unpaired) electrons. The molecule has 17 heavy (non-hydrogen) atoms. The molecule has 0 amide bonds. The van der Waals surface area contributed by atoms with E-state index in [0.29, 0.717) is 6.04 Å². The molecule has 0 aliphatic carbocycles. The Balaban J connectivity index is 2.05. The van der Waals surface area contributed by atoms with Gasteiger partial charge in [0.15, 0.2) is 0 Å². The molecule has 4 nitrogen and oxygen atoms in total. The SMILES string of the molecule is CC(C)Nc1cccc(N2CCN(C)CC2)n1. The number of aromatic nitrogens is 1. The van der Waals surface area contributed by atoms with Crippen molar-refractivity contribution in [2.45, 2.75) is 19.9 Å². The van der Waals surface area contributed by atoms with Crippen molar-refractivity contribution >= 4 is 11.6 Å². The Labute approximate surface area is 104 Å². The zero-order chi connectivity index (χ0) is 12.3. The van der Waals surface area contributed by atoms with Crippen LogP contribution in [0.2, 0.25) is 0 Å². The van der Waals surface area contributed by atoms with E-state index in [4.69, 9.17) is 0 Å². The number of nitrogens with zero attached hydrogens (tertiary/aromatic N) is 3. The Morgan fingerprint density at radius 1 is 1.18 bits per heavy atom. The summed E-state index contributed by atoms with van der Waals surface area (Å²) in [6.07, 6.45) is 0. The first-order valence-electron chi connectivity index (χ1n) is 6.32. The number of rotatable bonds is 3. The van der Waals surface area contributed by atoms with Gasteiger partial charge in [-0.1, -0.05) is 6.07 Å². The number of anilines is 2. The van der Waals surface area contributed by atoms with E-state index in [0.717, 1.165) is 37.8 Å². The number of nitrogens with one attached hydrogen (secondary N) is 1. The maximum atomic E-state index is 4.66. The summed E-state index contributed by atoms with van der Waals surface area (Å²) in [5.74, 6) is 2.06. The molecule has 4 heteroatoms. The Bertz CT molecular complexity index is 356. The Morgan fingerprint density at radius 2 is 1.88 bits per heavy atom. The van der Waals surface area contributed by atoms with Gasteiger partial charge in [-0.3, -0.25) is 0 Å². The monoisotopic (exact) mass is 234 g/mol. The van der Waals surface area contributed by atoms with Crippen molar-refractivity contribution in [1.82, 2.24) is 9.88 Å². The number of likely N-dealkylation sites (N-methyl/N-ethyl adjacent to an activating group) is 1. The van der Waals surface area contributed by atoms with Gasteiger partial charge in [0.05, 0.1) is 0 Å². The van der Waals surface area contributed by atoms with Gasteiger partial charge in [0.2, 0.25) is 0 Å². The third-order valence-corrected chi connectivity index (χ3v) is 3.00. The fourth-order valence-corrected chi connectivity index (χ4v) is 2.01. The minimum absolute atomic E-state index is 0.422. The van der Waals surface area contributed by atoms with Gasteiger partial charge < -0.3 is 15.1 Å². The summed E-state index contributed by atoms with van der Waals surface area (Å²) in [6, 6.07) is 6.62. The highest BCUT2D eigenvalue weighted by Crippen LogP contribution is 2.16. The van der Waals surface area contributed by atoms with Crippen LogP contribution < -0.4 is 10.2 Å². The van der Waals surface area contributed by atoms with E-state index in [1.165, 1.54) is 0 Å². The van der Waals surface area contributed by atoms with Crippen molar-refractivity contribution in [3.05, 3.63) is 18.2 Å². The maximum Gasteiger partial charge on any atom is 0.131 e. The quantitative estimate of drug-likeness (QED) is 0.862. The van der Waals surface area contributed by atoms with Gasteiger partial charge in [0.1, 0.15) is 11.6 Å². The Morgan fingerprint density at radius 3 is 2.53 bits per heavy atom. The Hall–Kier alpha value is -1.29. The van der Waals surface area contributed by atoms with E-state index in [1.54, 1.807) is 0 Å². The maximum absolute atomic E-state index is 4.66. The van der Waals surface area contributed by atoms with E-state index in [-0.39, 0.29) is 0 Å². The second-order valence-electron chi connectivity index (χ2n) is 4.97. The van der Waals surface area contributed by atoms with E-state index >= 15 is 0 Å². The van der Waals surface area contributed by atoms with Crippen molar-refractivity contribution in [3.63, 3.8) is 0 Å². The molecule has 0 unspecified atom stereocenters. The first-order chi connectivity index (χ1) is 8.15. The topological polar surface area (TPSA) is 31.4 Å². The smallest absolute Gasteiger partial charge is 0.131 e. The minimum atomic E-state index is 0.422. The van der Waals surface area contributed by atoms with Gasteiger partial charge in [-0.05, 0) is 33.0 Å². The van der Waals surface area contributed by atoms with E-state index in [1.807, 2.05) is 6.07 Å². The lowest BCUT2D eigenvalue weighted by atomic mass is 10.3. The van der Waals surface area contributed by atoms with E-state index in [9.17, 15) is 0 Å². The molecule has 0 bridgehead atoms. The fourth-order valence-electron chi connectivity index (χ4n) is 2.01. The van der Waals surface area contributed by atoms with Crippen molar-refractivity contribution in [3.8, 4) is 0 Å². The molecule has 1 aromatic rings. The highest BCUT2D eigenvalue weighted by Gasteiger charge is 2.15. The highest BCUT2D eigenvalue weighted by atomic mass is 15.3. The van der Waals surface area contributed by atoms with Crippen molar-refractivity contribution in [2.24, 2.45) is 0 Å². The zero-order valence-corrected chi connectivity index (χ0v) is 11.0. The first kappa shape index (κ1) is 12.2. The van der Waals surface area contributed by atoms with E-state index in [2.05, 4.69) is 53.1 Å². The predicted octanol–water partition coefficient (Wildman–Crippen LogP) is 1.65. The van der Waals surface area contributed by atoms with Gasteiger partial charge in [-0.2, -0.15) is 0 Å². The third kappa shape index (κ3) is 3.33. The van der Waals surface area contributed by atoms with Crippen LogP contribution in [0.25, 0.3) is 0 Å². The summed E-state index contributed by atoms with van der Waals surface area (Å²) in [5, 5.41) is 3.34. The molecule has 0 aromatic carbocycles. The third-order valence-electron chi connectivity index (χ3n) is 3.00. The average molecular weight is 234 g/mol. The lowest BCUT2D eigenvalue weighted by Crippen LogP contribution is -2.44. The van der Waals surface area contributed by atoms with Crippen molar-refractivity contribution < 1.29 is 0 Å². The molecule has 1 N–H and O–H groups in total. The standard InChI is InChI=1S/C13H22N4/c1-11(2)14-12-5-4-6-13(15-12)17-9-7-16(3)8-10-17/h4-6,11H,7-10H2,1-3H3,(H,14,15). The fraction of sp³-hybridized carbons (Fsp3) is 0.615. The molecule has 0 spiro atoms. The van der Waals surface area contributed by atoms with Crippen LogP contribution in [0.3, 0.4) is 0 Å². The van der Waals surface area contributed by atoms with Gasteiger partial charge >= 0.3 is 0 Å². The molecule has 1 fully saturated rings. The summed E-state index contributed by atoms with van der Waals surface area (Å²) >= 11 is 0. The molecule has 1 aliphatic rings. The molecule has 2 rings (SSSR count). The lowest BCUT2D eigenvalue weighted by molar-refractivity contribution is 0.312. The summed E-state index contributed by atoms with van der Waals surface area (Å²) in [7, 11) is 2.17. The van der Waals surface area contributed by atoms with Crippen LogP contribution in [0.4, 0.5) is 11.6 Å². The van der Waals surface area contributed by atoms with Crippen LogP contribution >= 0.6 is 0 Å². The van der Waals surface area contributed by atoms with Gasteiger partial charge in [-0.25, -0.2) is 4.98 Å². The molecule has 0 saturated carbocycles. The number of pyridine rings is 1. The second-order valence-corrected chi connectivity index (χ2v) is 4.97. The van der Waals surface area contributed by atoms with Crippen molar-refractivity contribution in [1.29, 1.82) is 0 Å². The van der Waals surface area contributed by atoms with Crippen LogP contribution in [0.1, 0.15) is 13.8 Å². The first-order valence-corrected chi connectivity index (χ1v) is 6.32.